The number of fused-ring (bicyclic) bond motifs is 6. The molecule has 3 aromatic heterocycles. The molecule has 0 fully saturated rings. The largest absolute Gasteiger partial charge is 0.435 e. The van der Waals surface area contributed by atoms with Crippen molar-refractivity contribution in [3.8, 4) is 56.7 Å². The zero-order valence-corrected chi connectivity index (χ0v) is 29.6. The molecule has 0 atom stereocenters. The number of aromatic nitrogens is 4. The minimum absolute atomic E-state index is 0.534. The van der Waals surface area contributed by atoms with Gasteiger partial charge in [0.05, 0.1) is 5.56 Å². The van der Waals surface area contributed by atoms with Gasteiger partial charge < -0.3 is 4.42 Å². The third-order valence-electron chi connectivity index (χ3n) is 10.1. The highest BCUT2D eigenvalue weighted by Crippen LogP contribution is 2.45. The highest BCUT2D eigenvalue weighted by molar-refractivity contribution is 7.26. The Bertz CT molecular complexity index is 3220. The fourth-order valence-electron chi connectivity index (χ4n) is 7.54. The summed E-state index contributed by atoms with van der Waals surface area (Å²) in [6, 6.07) is 58.7. The maximum absolute atomic E-state index is 6.85. The van der Waals surface area contributed by atoms with E-state index in [2.05, 4.69) is 133 Å². The molecule has 0 bridgehead atoms. The topological polar surface area (TPSA) is 64.7 Å². The van der Waals surface area contributed by atoms with Crippen LogP contribution < -0.4 is 0 Å². The van der Waals surface area contributed by atoms with Crippen LogP contribution in [0.2, 0.25) is 0 Å². The average molecular weight is 709 g/mol. The summed E-state index contributed by atoms with van der Waals surface area (Å²) in [5.74, 6) is 2.26. The Morgan fingerprint density at radius 3 is 1.80 bits per heavy atom. The first-order valence-electron chi connectivity index (χ1n) is 17.9. The summed E-state index contributed by atoms with van der Waals surface area (Å²) in [6.07, 6.45) is 0. The summed E-state index contributed by atoms with van der Waals surface area (Å²) < 4.78 is 9.12. The number of benzene rings is 8. The summed E-state index contributed by atoms with van der Waals surface area (Å²) in [7, 11) is 0. The van der Waals surface area contributed by atoms with Crippen LogP contribution in [0.25, 0.3) is 110 Å². The second kappa shape index (κ2) is 12.3. The zero-order valence-electron chi connectivity index (χ0n) is 28.8. The van der Waals surface area contributed by atoms with E-state index in [1.54, 1.807) is 11.3 Å². The van der Waals surface area contributed by atoms with Gasteiger partial charge in [-0.25, -0.2) is 19.9 Å². The van der Waals surface area contributed by atoms with Crippen molar-refractivity contribution >= 4 is 64.2 Å². The van der Waals surface area contributed by atoms with Gasteiger partial charge in [-0.05, 0) is 69.1 Å². The maximum Gasteiger partial charge on any atom is 0.227 e. The van der Waals surface area contributed by atoms with Gasteiger partial charge in [-0.3, -0.25) is 0 Å². The smallest absolute Gasteiger partial charge is 0.227 e. The number of rotatable bonds is 5. The normalized spacial score (nSPS) is 11.7. The molecule has 0 aliphatic rings. The molecule has 0 radical (unpaired) electrons. The van der Waals surface area contributed by atoms with E-state index in [0.29, 0.717) is 28.9 Å². The van der Waals surface area contributed by atoms with Crippen LogP contribution in [-0.4, -0.2) is 19.9 Å². The molecule has 11 rings (SSSR count). The molecule has 0 amide bonds. The average Bonchev–Trinajstić information content (AvgIpc) is 3.84. The first kappa shape index (κ1) is 30.6. The lowest BCUT2D eigenvalue weighted by Crippen LogP contribution is -2.02. The first-order chi connectivity index (χ1) is 26.7. The van der Waals surface area contributed by atoms with Crippen molar-refractivity contribution in [1.82, 2.24) is 19.9 Å². The summed E-state index contributed by atoms with van der Waals surface area (Å²) in [5.41, 5.74) is 7.08. The SMILES string of the molecule is c1ccc(-c2nc(-c3cc4ccccc4cc3-c3ccccc3)nc(-c3c4oc(-c5ccc6ccccc6c5)nc4cc4sc5ccccc5c34)n2)cc1. The summed E-state index contributed by atoms with van der Waals surface area (Å²) in [5, 5.41) is 6.72. The van der Waals surface area contributed by atoms with Crippen LogP contribution in [0.15, 0.2) is 174 Å². The van der Waals surface area contributed by atoms with Gasteiger partial charge in [-0.2, -0.15) is 0 Å². The number of oxazole rings is 1. The van der Waals surface area contributed by atoms with Crippen molar-refractivity contribution in [3.63, 3.8) is 0 Å². The van der Waals surface area contributed by atoms with Crippen LogP contribution in [0.4, 0.5) is 0 Å². The molecule has 3 heterocycles. The number of thiophene rings is 1. The van der Waals surface area contributed by atoms with Crippen molar-refractivity contribution in [3.05, 3.63) is 170 Å². The number of nitrogens with zero attached hydrogens (tertiary/aromatic N) is 4. The molecule has 11 aromatic rings. The third-order valence-corrected chi connectivity index (χ3v) is 11.2. The van der Waals surface area contributed by atoms with Gasteiger partial charge in [0.25, 0.3) is 0 Å². The van der Waals surface area contributed by atoms with E-state index in [1.807, 2.05) is 36.4 Å². The van der Waals surface area contributed by atoms with Crippen LogP contribution in [-0.2, 0) is 0 Å². The van der Waals surface area contributed by atoms with E-state index in [1.165, 1.54) is 10.1 Å². The molecule has 0 aliphatic heterocycles. The van der Waals surface area contributed by atoms with Gasteiger partial charge in [-0.1, -0.05) is 133 Å². The predicted molar refractivity (Wildman–Crippen MR) is 222 cm³/mol. The molecule has 0 spiro atoms. The molecule has 0 saturated carbocycles. The lowest BCUT2D eigenvalue weighted by Gasteiger charge is -2.14. The zero-order chi connectivity index (χ0) is 35.6. The molecule has 0 aliphatic carbocycles. The van der Waals surface area contributed by atoms with Crippen LogP contribution in [0, 0.1) is 0 Å². The Kier molecular flexibility index (Phi) is 6.97. The van der Waals surface area contributed by atoms with Crippen molar-refractivity contribution in [2.45, 2.75) is 0 Å². The van der Waals surface area contributed by atoms with Crippen molar-refractivity contribution < 1.29 is 4.42 Å². The minimum atomic E-state index is 0.534. The van der Waals surface area contributed by atoms with Gasteiger partial charge in [0.15, 0.2) is 23.1 Å². The van der Waals surface area contributed by atoms with Crippen molar-refractivity contribution in [2.24, 2.45) is 0 Å². The lowest BCUT2D eigenvalue weighted by atomic mass is 9.95. The van der Waals surface area contributed by atoms with Crippen molar-refractivity contribution in [2.75, 3.05) is 0 Å². The Labute approximate surface area is 313 Å². The fourth-order valence-corrected chi connectivity index (χ4v) is 8.68. The summed E-state index contributed by atoms with van der Waals surface area (Å²) >= 11 is 1.74. The highest BCUT2D eigenvalue weighted by Gasteiger charge is 2.25. The standard InChI is InChI=1S/C48H28N4OS/c1-3-14-30(15-4-1)37-26-33-19-9-10-20-34(33)27-38(37)46-50-45(31-16-5-2-6-17-31)51-47(52-46)43-42-36-21-11-12-22-40(36)54-41(42)28-39-44(43)53-48(49-39)35-24-23-29-13-7-8-18-32(29)25-35/h1-28H. The second-order valence-corrected chi connectivity index (χ2v) is 14.5. The van der Waals surface area contributed by atoms with E-state index >= 15 is 0 Å². The monoisotopic (exact) mass is 708 g/mol. The Hall–Kier alpha value is -7.02. The molecular weight excluding hydrogens is 681 g/mol. The first-order valence-corrected chi connectivity index (χ1v) is 18.7. The molecule has 0 saturated heterocycles. The fraction of sp³-hybridized carbons (Fsp3) is 0. The number of hydrogen-bond donors (Lipinski definition) is 0. The molecule has 0 N–H and O–H groups in total. The molecule has 252 valence electrons. The van der Waals surface area contributed by atoms with Gasteiger partial charge in [0.1, 0.15) is 5.52 Å². The number of hydrogen-bond acceptors (Lipinski definition) is 6. The Balaban J connectivity index is 1.23. The van der Waals surface area contributed by atoms with Gasteiger partial charge >= 0.3 is 0 Å². The quantitative estimate of drug-likeness (QED) is 0.178. The minimum Gasteiger partial charge on any atom is -0.435 e. The molecule has 8 aromatic carbocycles. The summed E-state index contributed by atoms with van der Waals surface area (Å²) in [4.78, 5) is 21.0. The maximum atomic E-state index is 6.85. The summed E-state index contributed by atoms with van der Waals surface area (Å²) in [6.45, 7) is 0. The van der Waals surface area contributed by atoms with E-state index in [-0.39, 0.29) is 0 Å². The van der Waals surface area contributed by atoms with E-state index in [4.69, 9.17) is 24.4 Å². The third kappa shape index (κ3) is 5.07. The predicted octanol–water partition coefficient (Wildman–Crippen LogP) is 13.0. The molecule has 54 heavy (non-hydrogen) atoms. The van der Waals surface area contributed by atoms with Gasteiger partial charge in [0.2, 0.25) is 5.89 Å². The molecule has 5 nitrogen and oxygen atoms in total. The van der Waals surface area contributed by atoms with Crippen LogP contribution in [0.3, 0.4) is 0 Å². The van der Waals surface area contributed by atoms with Crippen LogP contribution in [0.1, 0.15) is 0 Å². The Morgan fingerprint density at radius 1 is 0.407 bits per heavy atom. The molecular formula is C48H28N4OS. The highest BCUT2D eigenvalue weighted by atomic mass is 32.1. The second-order valence-electron chi connectivity index (χ2n) is 13.4. The van der Waals surface area contributed by atoms with Gasteiger partial charge in [0, 0.05) is 36.9 Å². The Morgan fingerprint density at radius 2 is 1.02 bits per heavy atom. The van der Waals surface area contributed by atoms with E-state index in [0.717, 1.165) is 70.5 Å². The molecule has 6 heteroatoms. The van der Waals surface area contributed by atoms with E-state index < -0.39 is 0 Å². The lowest BCUT2D eigenvalue weighted by molar-refractivity contribution is 0.621. The van der Waals surface area contributed by atoms with Crippen molar-refractivity contribution in [1.29, 1.82) is 0 Å². The van der Waals surface area contributed by atoms with Crippen LogP contribution >= 0.6 is 11.3 Å². The van der Waals surface area contributed by atoms with Crippen LogP contribution in [0.5, 0.6) is 0 Å². The van der Waals surface area contributed by atoms with E-state index in [9.17, 15) is 0 Å². The van der Waals surface area contributed by atoms with Gasteiger partial charge in [-0.15, -0.1) is 11.3 Å². The molecule has 0 unspecified atom stereocenters.